The van der Waals surface area contributed by atoms with Crippen molar-refractivity contribution in [3.8, 4) is 23.0 Å². The van der Waals surface area contributed by atoms with Gasteiger partial charge in [-0.2, -0.15) is 0 Å². The van der Waals surface area contributed by atoms with Crippen molar-refractivity contribution in [2.24, 2.45) is 11.8 Å². The van der Waals surface area contributed by atoms with Crippen LogP contribution in [-0.2, 0) is 36.8 Å². The average molecular weight is 857 g/mol. The summed E-state index contributed by atoms with van der Waals surface area (Å²) in [5, 5.41) is 11.6. The molecular weight excluding hydrogens is 793 g/mol. The fourth-order valence-corrected chi connectivity index (χ4v) is 7.40. The SMILES string of the molecule is COc1ccc(C2=CC(=O)CCc3c2cc(OC)c(OC)c3OC)cc1NC(=O)C(CC(C)C)NC(=O)C(CC(C)C)NC(=O)CC(Cc1ccccc1)NC(=O)OC(C)(C)C. The van der Waals surface area contributed by atoms with Gasteiger partial charge in [0.15, 0.2) is 17.3 Å². The second kappa shape index (κ2) is 22.2. The topological polar surface area (TPSA) is 180 Å². The molecule has 0 heterocycles. The molecular formula is C48H64N4O10. The maximum absolute atomic E-state index is 14.2. The quantitative estimate of drug-likeness (QED) is 0.0964. The number of alkyl carbamates (subject to hydrolysis) is 1. The summed E-state index contributed by atoms with van der Waals surface area (Å²) in [6.45, 7) is 13.0. The highest BCUT2D eigenvalue weighted by Crippen LogP contribution is 2.47. The van der Waals surface area contributed by atoms with Crippen LogP contribution in [-0.4, -0.2) is 81.8 Å². The number of rotatable bonds is 19. The van der Waals surface area contributed by atoms with Gasteiger partial charge < -0.3 is 45.0 Å². The number of nitrogens with one attached hydrogen (secondary N) is 4. The summed E-state index contributed by atoms with van der Waals surface area (Å²) >= 11 is 0. The molecule has 0 bridgehead atoms. The first-order chi connectivity index (χ1) is 29.4. The van der Waals surface area contributed by atoms with Gasteiger partial charge in [-0.1, -0.05) is 64.1 Å². The lowest BCUT2D eigenvalue weighted by Crippen LogP contribution is -2.54. The van der Waals surface area contributed by atoms with E-state index < -0.39 is 47.5 Å². The van der Waals surface area contributed by atoms with E-state index in [0.29, 0.717) is 64.6 Å². The zero-order valence-corrected chi connectivity index (χ0v) is 38.0. The van der Waals surface area contributed by atoms with Crippen LogP contribution in [0.2, 0.25) is 0 Å². The number of carbonyl (C=O) groups is 5. The fraction of sp³-hybridized carbons (Fsp3) is 0.479. The number of carbonyl (C=O) groups excluding carboxylic acids is 5. The van der Waals surface area contributed by atoms with Crippen LogP contribution < -0.4 is 40.2 Å². The summed E-state index contributed by atoms with van der Waals surface area (Å²) in [5.74, 6) is 0.108. The van der Waals surface area contributed by atoms with E-state index in [9.17, 15) is 24.0 Å². The Bertz CT molecular complexity index is 2090. The maximum Gasteiger partial charge on any atom is 0.407 e. The van der Waals surface area contributed by atoms with E-state index in [1.54, 1.807) is 45.0 Å². The first-order valence-electron chi connectivity index (χ1n) is 21.0. The molecule has 14 nitrogen and oxygen atoms in total. The molecule has 0 fully saturated rings. The van der Waals surface area contributed by atoms with E-state index in [1.807, 2.05) is 64.1 Å². The Morgan fingerprint density at radius 1 is 0.710 bits per heavy atom. The Kier molecular flexibility index (Phi) is 17.4. The van der Waals surface area contributed by atoms with Crippen molar-refractivity contribution < 1.29 is 47.7 Å². The normalized spacial score (nSPS) is 14.0. The molecule has 0 aliphatic heterocycles. The Morgan fingerprint density at radius 2 is 1.34 bits per heavy atom. The fourth-order valence-electron chi connectivity index (χ4n) is 7.40. The highest BCUT2D eigenvalue weighted by Gasteiger charge is 2.31. The first-order valence-corrected chi connectivity index (χ1v) is 21.0. The molecule has 4 rings (SSSR count). The summed E-state index contributed by atoms with van der Waals surface area (Å²) in [6, 6.07) is 13.9. The van der Waals surface area contributed by atoms with Crippen LogP contribution >= 0.6 is 0 Å². The molecule has 0 radical (unpaired) electrons. The summed E-state index contributed by atoms with van der Waals surface area (Å²) in [4.78, 5) is 68.0. The highest BCUT2D eigenvalue weighted by molar-refractivity contribution is 6.04. The maximum atomic E-state index is 14.2. The number of fused-ring (bicyclic) bond motifs is 1. The minimum absolute atomic E-state index is 0.00398. The number of benzene rings is 3. The lowest BCUT2D eigenvalue weighted by molar-refractivity contribution is -0.131. The smallest absolute Gasteiger partial charge is 0.407 e. The molecule has 0 aromatic heterocycles. The summed E-state index contributed by atoms with van der Waals surface area (Å²) in [5.41, 5.74) is 3.18. The van der Waals surface area contributed by atoms with Gasteiger partial charge in [0.25, 0.3) is 0 Å². The molecule has 0 saturated heterocycles. The molecule has 14 heteroatoms. The van der Waals surface area contributed by atoms with Gasteiger partial charge in [0.05, 0.1) is 34.1 Å². The van der Waals surface area contributed by atoms with E-state index in [2.05, 4.69) is 21.3 Å². The third-order valence-corrected chi connectivity index (χ3v) is 10.1. The third kappa shape index (κ3) is 13.7. The van der Waals surface area contributed by atoms with Gasteiger partial charge in [-0.25, -0.2) is 4.79 Å². The van der Waals surface area contributed by atoms with Crippen LogP contribution in [0.3, 0.4) is 0 Å². The Balaban J connectivity index is 1.60. The van der Waals surface area contributed by atoms with E-state index in [4.69, 9.17) is 23.7 Å². The second-order valence-electron chi connectivity index (χ2n) is 17.3. The predicted octanol–water partition coefficient (Wildman–Crippen LogP) is 7.19. The monoisotopic (exact) mass is 856 g/mol. The number of hydrogen-bond donors (Lipinski definition) is 4. The van der Waals surface area contributed by atoms with Gasteiger partial charge >= 0.3 is 6.09 Å². The van der Waals surface area contributed by atoms with Gasteiger partial charge in [-0.3, -0.25) is 19.2 Å². The largest absolute Gasteiger partial charge is 0.495 e. The van der Waals surface area contributed by atoms with Gasteiger partial charge in [-0.05, 0) is 105 Å². The summed E-state index contributed by atoms with van der Waals surface area (Å²) in [6.07, 6.45) is 2.38. The van der Waals surface area contributed by atoms with E-state index in [-0.39, 0.29) is 36.9 Å². The molecule has 3 aromatic rings. The molecule has 1 aliphatic carbocycles. The Morgan fingerprint density at radius 3 is 1.92 bits per heavy atom. The summed E-state index contributed by atoms with van der Waals surface area (Å²) in [7, 11) is 6.07. The van der Waals surface area contributed by atoms with Crippen molar-refractivity contribution in [1.29, 1.82) is 0 Å². The standard InChI is InChI=1S/C48H64N4O10/c1-28(2)21-38(50-42(54)25-32(23-30-15-13-12-14-16-30)49-47(57)62-48(5,6)7)45(55)52-39(22-29(3)4)46(56)51-37-24-31(17-20-40(37)58-8)35-26-33(53)18-19-34-36(35)27-41(59-9)44(61-11)43(34)60-10/h12-17,20,24,26-29,32,38-39H,18-19,21-23,25H2,1-11H3,(H,49,57)(H,50,54)(H,51,56)(H,52,55). The second-order valence-corrected chi connectivity index (χ2v) is 17.3. The van der Waals surface area contributed by atoms with Gasteiger partial charge in [0.1, 0.15) is 23.4 Å². The third-order valence-electron chi connectivity index (χ3n) is 10.1. The number of amides is 4. The molecule has 3 atom stereocenters. The highest BCUT2D eigenvalue weighted by atomic mass is 16.6. The lowest BCUT2D eigenvalue weighted by atomic mass is 9.92. The van der Waals surface area contributed by atoms with Crippen molar-refractivity contribution in [2.75, 3.05) is 33.8 Å². The van der Waals surface area contributed by atoms with Crippen LogP contribution in [0.4, 0.5) is 10.5 Å². The van der Waals surface area contributed by atoms with Gasteiger partial charge in [0.2, 0.25) is 23.5 Å². The van der Waals surface area contributed by atoms with Crippen LogP contribution in [0, 0.1) is 11.8 Å². The van der Waals surface area contributed by atoms with Gasteiger partial charge in [0, 0.05) is 24.4 Å². The molecule has 0 spiro atoms. The first kappa shape index (κ1) is 48.6. The molecule has 3 unspecified atom stereocenters. The summed E-state index contributed by atoms with van der Waals surface area (Å²) < 4.78 is 28.2. The van der Waals surface area contributed by atoms with Crippen molar-refractivity contribution in [2.45, 2.75) is 111 Å². The van der Waals surface area contributed by atoms with Crippen molar-refractivity contribution >= 4 is 40.9 Å². The molecule has 62 heavy (non-hydrogen) atoms. The number of ether oxygens (including phenoxy) is 5. The van der Waals surface area contributed by atoms with Gasteiger partial charge in [-0.15, -0.1) is 0 Å². The molecule has 3 aromatic carbocycles. The molecule has 1 aliphatic rings. The Labute approximate surface area is 365 Å². The number of hydrogen-bond acceptors (Lipinski definition) is 10. The Hall–Kier alpha value is -6.05. The van der Waals surface area contributed by atoms with Crippen LogP contribution in [0.25, 0.3) is 5.57 Å². The minimum Gasteiger partial charge on any atom is -0.495 e. The number of ketones is 1. The number of anilines is 1. The number of allylic oxidation sites excluding steroid dienone is 1. The van der Waals surface area contributed by atoms with Crippen molar-refractivity contribution in [3.05, 3.63) is 82.9 Å². The van der Waals surface area contributed by atoms with Crippen LogP contribution in [0.1, 0.15) is 96.4 Å². The van der Waals surface area contributed by atoms with E-state index in [1.165, 1.54) is 28.4 Å². The predicted molar refractivity (Wildman–Crippen MR) is 239 cm³/mol. The zero-order valence-electron chi connectivity index (χ0n) is 38.0. The molecule has 336 valence electrons. The lowest BCUT2D eigenvalue weighted by Gasteiger charge is -2.27. The average Bonchev–Trinajstić information content (AvgIpc) is 3.36. The van der Waals surface area contributed by atoms with E-state index in [0.717, 1.165) is 11.1 Å². The van der Waals surface area contributed by atoms with Crippen LogP contribution in [0.15, 0.2) is 60.7 Å². The minimum atomic E-state index is -0.998. The van der Waals surface area contributed by atoms with Crippen LogP contribution in [0.5, 0.6) is 23.0 Å². The molecule has 4 N–H and O–H groups in total. The molecule has 0 saturated carbocycles. The zero-order chi connectivity index (χ0) is 45.7. The number of methoxy groups -OCH3 is 4. The van der Waals surface area contributed by atoms with Crippen molar-refractivity contribution in [3.63, 3.8) is 0 Å². The van der Waals surface area contributed by atoms with E-state index >= 15 is 0 Å². The molecule has 4 amide bonds. The van der Waals surface area contributed by atoms with Crippen molar-refractivity contribution in [1.82, 2.24) is 16.0 Å².